The highest BCUT2D eigenvalue weighted by atomic mass is 16.7. The fraction of sp³-hybridized carbons (Fsp3) is 0.765. The fourth-order valence-electron chi connectivity index (χ4n) is 1.72. The number of nitrogens with zero attached hydrogens (tertiary/aromatic N) is 1. The first-order valence-corrected chi connectivity index (χ1v) is 9.11. The molecular weight excluding hydrogens is 376 g/mol. The van der Waals surface area contributed by atoms with Crippen molar-refractivity contribution in [3.05, 3.63) is 0 Å². The van der Waals surface area contributed by atoms with Gasteiger partial charge in [0.2, 0.25) is 6.41 Å². The zero-order valence-corrected chi connectivity index (χ0v) is 16.3. The van der Waals surface area contributed by atoms with Gasteiger partial charge in [-0.05, 0) is 6.42 Å². The van der Waals surface area contributed by atoms with Crippen molar-refractivity contribution in [3.8, 4) is 0 Å². The molecule has 11 nitrogen and oxygen atoms in total. The maximum Gasteiger partial charge on any atom is 0.335 e. The van der Waals surface area contributed by atoms with Gasteiger partial charge in [0.25, 0.3) is 12.3 Å². The van der Waals surface area contributed by atoms with Gasteiger partial charge in [-0.1, -0.05) is 6.92 Å². The van der Waals surface area contributed by atoms with Gasteiger partial charge in [0.05, 0.1) is 59.3 Å². The van der Waals surface area contributed by atoms with Crippen LogP contribution in [0.2, 0.25) is 0 Å². The third-order valence-corrected chi connectivity index (χ3v) is 3.05. The summed E-state index contributed by atoms with van der Waals surface area (Å²) < 4.78 is 21.0. The van der Waals surface area contributed by atoms with Crippen molar-refractivity contribution in [3.63, 3.8) is 0 Å². The summed E-state index contributed by atoms with van der Waals surface area (Å²) in [6, 6.07) is 0. The summed E-state index contributed by atoms with van der Waals surface area (Å²) in [7, 11) is 0. The molecule has 11 heteroatoms. The van der Waals surface area contributed by atoms with Crippen LogP contribution in [0.15, 0.2) is 0 Å². The SMILES string of the molecule is CCCC(=O)N(C=O)OC(=O)CCOCCOCCOCCOCCNC=O. The Hall–Kier alpha value is -2.08. The van der Waals surface area contributed by atoms with Crippen molar-refractivity contribution in [2.45, 2.75) is 26.2 Å². The predicted octanol–water partition coefficient (Wildman–Crippen LogP) is -0.568. The average Bonchev–Trinajstić information content (AvgIpc) is 2.69. The Kier molecular flexibility index (Phi) is 18.2. The summed E-state index contributed by atoms with van der Waals surface area (Å²) in [4.78, 5) is 48.3. The van der Waals surface area contributed by atoms with Crippen LogP contribution >= 0.6 is 0 Å². The van der Waals surface area contributed by atoms with Gasteiger partial charge in [0.15, 0.2) is 0 Å². The molecule has 0 aromatic heterocycles. The standard InChI is InChI=1S/C17H30N2O9/c1-2-3-16(22)19(15-21)28-17(23)4-6-24-8-10-26-12-13-27-11-9-25-7-5-18-14-20/h14-15H,2-13H2,1H3,(H,18,20). The molecule has 0 bridgehead atoms. The van der Waals surface area contributed by atoms with Crippen LogP contribution in [0.4, 0.5) is 0 Å². The van der Waals surface area contributed by atoms with Crippen LogP contribution in [0.3, 0.4) is 0 Å². The largest absolute Gasteiger partial charge is 0.378 e. The Morgan fingerprint density at radius 2 is 1.36 bits per heavy atom. The van der Waals surface area contributed by atoms with E-state index in [1.807, 2.05) is 0 Å². The van der Waals surface area contributed by atoms with Crippen molar-refractivity contribution >= 4 is 24.7 Å². The number of hydrogen-bond acceptors (Lipinski definition) is 9. The minimum Gasteiger partial charge on any atom is -0.378 e. The molecule has 0 heterocycles. The lowest BCUT2D eigenvalue weighted by atomic mass is 10.3. The molecular formula is C17H30N2O9. The van der Waals surface area contributed by atoms with Gasteiger partial charge in [-0.3, -0.25) is 14.4 Å². The summed E-state index contributed by atoms with van der Waals surface area (Å²) in [6.07, 6.45) is 1.36. The van der Waals surface area contributed by atoms with Crippen LogP contribution in [-0.2, 0) is 43.0 Å². The number of carbonyl (C=O) groups is 4. The van der Waals surface area contributed by atoms with Crippen LogP contribution in [0, 0.1) is 0 Å². The summed E-state index contributed by atoms with van der Waals surface area (Å²) in [5.41, 5.74) is 0. The van der Waals surface area contributed by atoms with Crippen molar-refractivity contribution in [2.24, 2.45) is 0 Å². The molecule has 0 fully saturated rings. The van der Waals surface area contributed by atoms with Gasteiger partial charge in [0.1, 0.15) is 0 Å². The average molecular weight is 406 g/mol. The fourth-order valence-corrected chi connectivity index (χ4v) is 1.72. The number of hydroxylamine groups is 2. The molecule has 0 unspecified atom stereocenters. The second-order valence-corrected chi connectivity index (χ2v) is 5.31. The molecule has 0 atom stereocenters. The number of nitrogens with one attached hydrogen (secondary N) is 1. The predicted molar refractivity (Wildman–Crippen MR) is 95.9 cm³/mol. The third kappa shape index (κ3) is 16.1. The Morgan fingerprint density at radius 3 is 1.86 bits per heavy atom. The molecule has 0 rings (SSSR count). The van der Waals surface area contributed by atoms with Crippen molar-refractivity contribution in [1.82, 2.24) is 10.4 Å². The van der Waals surface area contributed by atoms with Gasteiger partial charge < -0.3 is 29.1 Å². The molecule has 0 aliphatic carbocycles. The Bertz CT molecular complexity index is 435. The lowest BCUT2D eigenvalue weighted by Gasteiger charge is -2.13. The van der Waals surface area contributed by atoms with E-state index in [-0.39, 0.29) is 32.5 Å². The molecule has 0 saturated heterocycles. The first-order chi connectivity index (χ1) is 13.7. The highest BCUT2D eigenvalue weighted by molar-refractivity contribution is 5.86. The van der Waals surface area contributed by atoms with E-state index in [9.17, 15) is 19.2 Å². The highest BCUT2D eigenvalue weighted by Gasteiger charge is 2.16. The highest BCUT2D eigenvalue weighted by Crippen LogP contribution is 1.99. The van der Waals surface area contributed by atoms with Gasteiger partial charge in [-0.25, -0.2) is 4.79 Å². The van der Waals surface area contributed by atoms with E-state index in [1.54, 1.807) is 6.92 Å². The van der Waals surface area contributed by atoms with Crippen molar-refractivity contribution in [2.75, 3.05) is 59.4 Å². The smallest absolute Gasteiger partial charge is 0.335 e. The third-order valence-electron chi connectivity index (χ3n) is 3.05. The molecule has 0 aromatic carbocycles. The molecule has 0 aromatic rings. The topological polar surface area (TPSA) is 130 Å². The van der Waals surface area contributed by atoms with Crippen LogP contribution in [0.5, 0.6) is 0 Å². The maximum absolute atomic E-state index is 11.5. The van der Waals surface area contributed by atoms with Gasteiger partial charge >= 0.3 is 5.97 Å². The van der Waals surface area contributed by atoms with Crippen molar-refractivity contribution < 1.29 is 43.0 Å². The first kappa shape index (κ1) is 25.9. The maximum atomic E-state index is 11.5. The van der Waals surface area contributed by atoms with E-state index in [1.165, 1.54) is 0 Å². The number of hydrogen-bond donors (Lipinski definition) is 1. The van der Waals surface area contributed by atoms with Gasteiger partial charge in [0, 0.05) is 13.0 Å². The molecule has 0 spiro atoms. The molecule has 3 amide bonds. The second kappa shape index (κ2) is 19.7. The zero-order valence-electron chi connectivity index (χ0n) is 16.3. The molecule has 162 valence electrons. The van der Waals surface area contributed by atoms with E-state index >= 15 is 0 Å². The summed E-state index contributed by atoms with van der Waals surface area (Å²) >= 11 is 0. The molecule has 1 N–H and O–H groups in total. The van der Waals surface area contributed by atoms with E-state index in [0.29, 0.717) is 64.1 Å². The van der Waals surface area contributed by atoms with Crippen LogP contribution in [0.1, 0.15) is 26.2 Å². The lowest BCUT2D eigenvalue weighted by Crippen LogP contribution is -2.32. The van der Waals surface area contributed by atoms with E-state index in [0.717, 1.165) is 0 Å². The number of imide groups is 1. The van der Waals surface area contributed by atoms with Gasteiger partial charge in [-0.2, -0.15) is 0 Å². The van der Waals surface area contributed by atoms with Crippen LogP contribution in [-0.4, -0.2) is 89.2 Å². The monoisotopic (exact) mass is 406 g/mol. The molecule has 0 saturated carbocycles. The molecule has 0 aliphatic rings. The molecule has 0 aliphatic heterocycles. The minimum absolute atomic E-state index is 0.0870. The Morgan fingerprint density at radius 1 is 0.821 bits per heavy atom. The Balaban J connectivity index is 3.40. The lowest BCUT2D eigenvalue weighted by molar-refractivity contribution is -0.197. The summed E-state index contributed by atoms with van der Waals surface area (Å²) in [6.45, 7) is 5.06. The quantitative estimate of drug-likeness (QED) is 0.170. The van der Waals surface area contributed by atoms with Crippen molar-refractivity contribution in [1.29, 1.82) is 0 Å². The van der Waals surface area contributed by atoms with E-state index in [2.05, 4.69) is 10.2 Å². The molecule has 0 radical (unpaired) electrons. The number of ether oxygens (including phenoxy) is 4. The number of rotatable bonds is 19. The normalized spacial score (nSPS) is 10.3. The summed E-state index contributed by atoms with van der Waals surface area (Å²) in [5.74, 6) is -1.29. The second-order valence-electron chi connectivity index (χ2n) is 5.31. The van der Waals surface area contributed by atoms with Crippen LogP contribution < -0.4 is 5.32 Å². The van der Waals surface area contributed by atoms with Gasteiger partial charge in [-0.15, -0.1) is 5.06 Å². The van der Waals surface area contributed by atoms with E-state index in [4.69, 9.17) is 18.9 Å². The number of amides is 3. The van der Waals surface area contributed by atoms with Crippen LogP contribution in [0.25, 0.3) is 0 Å². The van der Waals surface area contributed by atoms with E-state index < -0.39 is 11.9 Å². The minimum atomic E-state index is -0.727. The molecule has 28 heavy (non-hydrogen) atoms. The first-order valence-electron chi connectivity index (χ1n) is 9.11. The summed E-state index contributed by atoms with van der Waals surface area (Å²) in [5, 5.41) is 2.89. The Labute approximate surface area is 164 Å². The zero-order chi connectivity index (χ0) is 20.9. The number of carbonyl (C=O) groups excluding carboxylic acids is 4.